The Morgan fingerprint density at radius 1 is 0.462 bits per heavy atom. The first kappa shape index (κ1) is 25.9. The SMILES string of the molecule is CC.CCc1ccccc1.CCc1ccccc1.CN.c1ccccc1. The minimum absolute atomic E-state index is 1.14. The Hall–Kier alpha value is -2.38. The summed E-state index contributed by atoms with van der Waals surface area (Å²) in [7, 11) is 1.50. The topological polar surface area (TPSA) is 26.0 Å². The van der Waals surface area contributed by atoms with Crippen LogP contribution in [0.1, 0.15) is 38.8 Å². The highest BCUT2D eigenvalue weighted by Gasteiger charge is 1.80. The van der Waals surface area contributed by atoms with Crippen LogP contribution in [0.15, 0.2) is 97.1 Å². The quantitative estimate of drug-likeness (QED) is 0.540. The first-order chi connectivity index (χ1) is 12.9. The molecule has 0 spiro atoms. The van der Waals surface area contributed by atoms with E-state index in [4.69, 9.17) is 0 Å². The summed E-state index contributed by atoms with van der Waals surface area (Å²) in [5.41, 5.74) is 7.32. The third kappa shape index (κ3) is 16.5. The molecule has 0 unspecified atom stereocenters. The zero-order chi connectivity index (χ0) is 19.9. The molecule has 3 aromatic rings. The molecule has 0 aromatic heterocycles. The van der Waals surface area contributed by atoms with Gasteiger partial charge in [-0.25, -0.2) is 0 Å². The van der Waals surface area contributed by atoms with Crippen molar-refractivity contribution in [2.75, 3.05) is 7.05 Å². The first-order valence-electron chi connectivity index (χ1n) is 9.52. The van der Waals surface area contributed by atoms with Gasteiger partial charge >= 0.3 is 0 Å². The Kier molecular flexibility index (Phi) is 22.5. The summed E-state index contributed by atoms with van der Waals surface area (Å²) < 4.78 is 0. The molecule has 0 aliphatic heterocycles. The monoisotopic (exact) mass is 351 g/mol. The van der Waals surface area contributed by atoms with Gasteiger partial charge in [-0.15, -0.1) is 0 Å². The molecule has 0 atom stereocenters. The van der Waals surface area contributed by atoms with Crippen LogP contribution in [0.25, 0.3) is 0 Å². The number of rotatable bonds is 2. The van der Waals surface area contributed by atoms with Gasteiger partial charge in [-0.1, -0.05) is 125 Å². The Morgan fingerprint density at radius 2 is 0.654 bits per heavy atom. The first-order valence-corrected chi connectivity index (χ1v) is 9.52. The van der Waals surface area contributed by atoms with Crippen molar-refractivity contribution in [1.82, 2.24) is 0 Å². The van der Waals surface area contributed by atoms with Crippen molar-refractivity contribution < 1.29 is 0 Å². The van der Waals surface area contributed by atoms with Crippen LogP contribution in [-0.4, -0.2) is 7.05 Å². The molecule has 1 nitrogen and oxygen atoms in total. The fourth-order valence-corrected chi connectivity index (χ4v) is 1.81. The van der Waals surface area contributed by atoms with Crippen molar-refractivity contribution >= 4 is 0 Å². The van der Waals surface area contributed by atoms with Gasteiger partial charge in [0.1, 0.15) is 0 Å². The van der Waals surface area contributed by atoms with E-state index in [1.165, 1.54) is 18.2 Å². The van der Waals surface area contributed by atoms with Crippen LogP contribution in [0.5, 0.6) is 0 Å². The second-order valence-corrected chi connectivity index (χ2v) is 4.83. The summed E-state index contributed by atoms with van der Waals surface area (Å²) in [5, 5.41) is 0. The molecule has 0 aliphatic rings. The maximum Gasteiger partial charge on any atom is -0.0195 e. The molecule has 2 N–H and O–H groups in total. The number of benzene rings is 3. The summed E-state index contributed by atoms with van der Waals surface area (Å²) in [6.45, 7) is 8.32. The molecule has 142 valence electrons. The number of hydrogen-bond donors (Lipinski definition) is 1. The number of hydrogen-bond acceptors (Lipinski definition) is 1. The molecule has 0 amide bonds. The van der Waals surface area contributed by atoms with Gasteiger partial charge in [0.25, 0.3) is 0 Å². The molecule has 3 rings (SSSR count). The average Bonchev–Trinajstić information content (AvgIpc) is 2.79. The molecule has 0 saturated heterocycles. The number of nitrogens with two attached hydrogens (primary N) is 1. The highest BCUT2D eigenvalue weighted by Crippen LogP contribution is 1.97. The lowest BCUT2D eigenvalue weighted by atomic mass is 10.2. The van der Waals surface area contributed by atoms with Crippen LogP contribution in [0, 0.1) is 0 Å². The molecule has 3 aromatic carbocycles. The van der Waals surface area contributed by atoms with E-state index in [0.29, 0.717) is 0 Å². The predicted octanol–water partition coefficient (Wildman–Crippen LogP) is 6.79. The van der Waals surface area contributed by atoms with Gasteiger partial charge in [0, 0.05) is 0 Å². The van der Waals surface area contributed by atoms with Crippen molar-refractivity contribution in [1.29, 1.82) is 0 Å². The standard InChI is InChI=1S/2C8H10.C6H6.C2H6.CH5N/c2*1-2-8-6-4-3-5-7-8;1-2-4-6-5-3-1;2*1-2/h2*3-7H,2H2,1H3;1-6H;1-2H3;2H2,1H3. The summed E-state index contributed by atoms with van der Waals surface area (Å²) in [5.74, 6) is 0. The Labute approximate surface area is 161 Å². The minimum atomic E-state index is 1.14. The molecule has 0 heterocycles. The van der Waals surface area contributed by atoms with Crippen molar-refractivity contribution in [3.8, 4) is 0 Å². The molecule has 0 radical (unpaired) electrons. The van der Waals surface area contributed by atoms with Gasteiger partial charge in [0.05, 0.1) is 0 Å². The van der Waals surface area contributed by atoms with Crippen LogP contribution in [0.3, 0.4) is 0 Å². The van der Waals surface area contributed by atoms with E-state index in [2.05, 4.69) is 68.1 Å². The Balaban J connectivity index is 0. The lowest BCUT2D eigenvalue weighted by Crippen LogP contribution is -1.73. The zero-order valence-electron chi connectivity index (χ0n) is 17.2. The van der Waals surface area contributed by atoms with E-state index in [9.17, 15) is 0 Å². The summed E-state index contributed by atoms with van der Waals surface area (Å²) in [4.78, 5) is 0. The second-order valence-electron chi connectivity index (χ2n) is 4.83. The van der Waals surface area contributed by atoms with E-state index in [-0.39, 0.29) is 0 Å². The van der Waals surface area contributed by atoms with Crippen molar-refractivity contribution in [3.05, 3.63) is 108 Å². The maximum absolute atomic E-state index is 4.50. The van der Waals surface area contributed by atoms with Gasteiger partial charge in [0.2, 0.25) is 0 Å². The minimum Gasteiger partial charge on any atom is -0.333 e. The molecule has 1 heteroatoms. The summed E-state index contributed by atoms with van der Waals surface area (Å²) in [6.07, 6.45) is 2.28. The van der Waals surface area contributed by atoms with E-state index in [0.717, 1.165) is 12.8 Å². The van der Waals surface area contributed by atoms with Crippen LogP contribution in [0.2, 0.25) is 0 Å². The second kappa shape index (κ2) is 22.6. The normalized spacial score (nSPS) is 7.92. The Bertz CT molecular complexity index is 496. The summed E-state index contributed by atoms with van der Waals surface area (Å²) in [6, 6.07) is 32.9. The van der Waals surface area contributed by atoms with Crippen LogP contribution >= 0.6 is 0 Å². The number of aryl methyl sites for hydroxylation is 2. The molecule has 0 bridgehead atoms. The highest BCUT2D eigenvalue weighted by molar-refractivity contribution is 5.14. The smallest absolute Gasteiger partial charge is 0.0195 e. The van der Waals surface area contributed by atoms with Gasteiger partial charge in [0.15, 0.2) is 0 Å². The zero-order valence-corrected chi connectivity index (χ0v) is 17.2. The molecule has 0 saturated carbocycles. The van der Waals surface area contributed by atoms with Crippen molar-refractivity contribution in [2.24, 2.45) is 5.73 Å². The van der Waals surface area contributed by atoms with Crippen molar-refractivity contribution in [3.63, 3.8) is 0 Å². The van der Waals surface area contributed by atoms with E-state index >= 15 is 0 Å². The van der Waals surface area contributed by atoms with E-state index < -0.39 is 0 Å². The van der Waals surface area contributed by atoms with E-state index in [1.54, 1.807) is 0 Å². The predicted molar refractivity (Wildman–Crippen MR) is 120 cm³/mol. The third-order valence-corrected chi connectivity index (χ3v) is 3.17. The lowest BCUT2D eigenvalue weighted by Gasteiger charge is -1.89. The molecular formula is C25H37N. The lowest BCUT2D eigenvalue weighted by molar-refractivity contribution is 1.14. The third-order valence-electron chi connectivity index (χ3n) is 3.17. The molecular weight excluding hydrogens is 314 g/mol. The maximum atomic E-state index is 4.50. The van der Waals surface area contributed by atoms with Gasteiger partial charge in [-0.05, 0) is 31.0 Å². The molecule has 0 aliphatic carbocycles. The average molecular weight is 352 g/mol. The fourth-order valence-electron chi connectivity index (χ4n) is 1.81. The largest absolute Gasteiger partial charge is 0.333 e. The van der Waals surface area contributed by atoms with Gasteiger partial charge < -0.3 is 5.73 Å². The van der Waals surface area contributed by atoms with E-state index in [1.807, 2.05) is 62.4 Å². The highest BCUT2D eigenvalue weighted by atomic mass is 14.4. The molecule has 0 fully saturated rings. The van der Waals surface area contributed by atoms with Crippen LogP contribution in [-0.2, 0) is 12.8 Å². The summed E-state index contributed by atoms with van der Waals surface area (Å²) >= 11 is 0. The fraction of sp³-hybridized carbons (Fsp3) is 0.280. The Morgan fingerprint density at radius 3 is 0.808 bits per heavy atom. The van der Waals surface area contributed by atoms with Crippen LogP contribution < -0.4 is 5.73 Å². The van der Waals surface area contributed by atoms with Gasteiger partial charge in [-0.3, -0.25) is 0 Å². The van der Waals surface area contributed by atoms with Crippen LogP contribution in [0.4, 0.5) is 0 Å². The van der Waals surface area contributed by atoms with Gasteiger partial charge in [-0.2, -0.15) is 0 Å². The molecule has 26 heavy (non-hydrogen) atoms. The van der Waals surface area contributed by atoms with Crippen molar-refractivity contribution in [2.45, 2.75) is 40.5 Å².